The number of hydrogen-bond donors (Lipinski definition) is 0. The van der Waals surface area contributed by atoms with Gasteiger partial charge in [-0.2, -0.15) is 13.2 Å². The lowest BCUT2D eigenvalue weighted by molar-refractivity contribution is -0.144. The van der Waals surface area contributed by atoms with Gasteiger partial charge in [0.1, 0.15) is 5.82 Å². The molecule has 1 saturated heterocycles. The Morgan fingerprint density at radius 1 is 0.778 bits per heavy atom. The highest BCUT2D eigenvalue weighted by molar-refractivity contribution is 5.88. The van der Waals surface area contributed by atoms with E-state index in [-0.39, 0.29) is 5.69 Å². The molecule has 0 amide bonds. The first-order chi connectivity index (χ1) is 17.4. The predicted molar refractivity (Wildman–Crippen MR) is 134 cm³/mol. The van der Waals surface area contributed by atoms with E-state index in [0.29, 0.717) is 43.1 Å². The van der Waals surface area contributed by atoms with Crippen molar-refractivity contribution in [2.24, 2.45) is 0 Å². The Bertz CT molecular complexity index is 1300. The minimum atomic E-state index is -4.66. The van der Waals surface area contributed by atoms with Crippen LogP contribution in [0.15, 0.2) is 79.1 Å². The molecule has 1 aliphatic rings. The van der Waals surface area contributed by atoms with Crippen molar-refractivity contribution in [3.63, 3.8) is 0 Å². The maximum atomic E-state index is 14.0. The van der Waals surface area contributed by atoms with Crippen molar-refractivity contribution in [3.05, 3.63) is 96.1 Å². The number of rotatable bonds is 5. The molecule has 0 unspecified atom stereocenters. The van der Waals surface area contributed by atoms with Crippen LogP contribution in [-0.2, 0) is 12.7 Å². The van der Waals surface area contributed by atoms with Gasteiger partial charge in [-0.3, -0.25) is 9.88 Å². The Balaban J connectivity index is 1.57. The SMILES string of the molecule is Cc1ccc(-c2nc(C(F)(F)F)nc(N3CCN(Cc4ccncc4)CC3)c2-c2ccccc2)cc1. The summed E-state index contributed by atoms with van der Waals surface area (Å²) in [6, 6.07) is 20.8. The van der Waals surface area contributed by atoms with Crippen molar-refractivity contribution in [1.82, 2.24) is 19.9 Å². The van der Waals surface area contributed by atoms with E-state index < -0.39 is 12.0 Å². The molecule has 36 heavy (non-hydrogen) atoms. The quantitative estimate of drug-likeness (QED) is 0.352. The van der Waals surface area contributed by atoms with Crippen LogP contribution in [-0.4, -0.2) is 46.0 Å². The van der Waals surface area contributed by atoms with E-state index in [4.69, 9.17) is 0 Å². The van der Waals surface area contributed by atoms with E-state index in [2.05, 4.69) is 19.9 Å². The van der Waals surface area contributed by atoms with Crippen molar-refractivity contribution in [3.8, 4) is 22.4 Å². The molecule has 0 N–H and O–H groups in total. The molecule has 1 fully saturated rings. The normalized spacial score (nSPS) is 14.7. The van der Waals surface area contributed by atoms with Crippen LogP contribution in [0.4, 0.5) is 19.0 Å². The Kier molecular flexibility index (Phi) is 6.69. The minimum Gasteiger partial charge on any atom is -0.353 e. The van der Waals surface area contributed by atoms with Crippen LogP contribution < -0.4 is 4.90 Å². The predicted octanol–water partition coefficient (Wildman–Crippen LogP) is 5.86. The van der Waals surface area contributed by atoms with Gasteiger partial charge >= 0.3 is 6.18 Å². The third-order valence-electron chi connectivity index (χ3n) is 6.36. The van der Waals surface area contributed by atoms with Gasteiger partial charge in [-0.15, -0.1) is 0 Å². The maximum absolute atomic E-state index is 14.0. The molecular weight excluding hydrogens is 463 g/mol. The van der Waals surface area contributed by atoms with Gasteiger partial charge in [0.2, 0.25) is 5.82 Å². The van der Waals surface area contributed by atoms with Crippen LogP contribution in [0.1, 0.15) is 17.0 Å². The second-order valence-electron chi connectivity index (χ2n) is 8.94. The van der Waals surface area contributed by atoms with Crippen LogP contribution in [0.2, 0.25) is 0 Å². The number of nitrogens with zero attached hydrogens (tertiary/aromatic N) is 5. The summed E-state index contributed by atoms with van der Waals surface area (Å²) < 4.78 is 41.9. The van der Waals surface area contributed by atoms with E-state index in [1.807, 2.05) is 78.6 Å². The molecule has 1 aliphatic heterocycles. The van der Waals surface area contributed by atoms with Crippen molar-refractivity contribution in [1.29, 1.82) is 0 Å². The summed E-state index contributed by atoms with van der Waals surface area (Å²) >= 11 is 0. The Labute approximate surface area is 208 Å². The van der Waals surface area contributed by atoms with Gasteiger partial charge in [-0.05, 0) is 30.2 Å². The molecule has 0 spiro atoms. The van der Waals surface area contributed by atoms with Gasteiger partial charge in [0.15, 0.2) is 0 Å². The van der Waals surface area contributed by atoms with Gasteiger partial charge in [-0.25, -0.2) is 9.97 Å². The Hall–Kier alpha value is -3.78. The molecule has 0 aliphatic carbocycles. The van der Waals surface area contributed by atoms with Gasteiger partial charge in [-0.1, -0.05) is 60.2 Å². The van der Waals surface area contributed by atoms with E-state index >= 15 is 0 Å². The number of halogens is 3. The average Bonchev–Trinajstić information content (AvgIpc) is 2.89. The van der Waals surface area contributed by atoms with Gasteiger partial charge in [0.25, 0.3) is 0 Å². The monoisotopic (exact) mass is 489 g/mol. The van der Waals surface area contributed by atoms with E-state index in [9.17, 15) is 13.2 Å². The van der Waals surface area contributed by atoms with Crippen LogP contribution in [0.25, 0.3) is 22.4 Å². The first-order valence-corrected chi connectivity index (χ1v) is 11.9. The number of benzene rings is 2. The molecule has 0 bridgehead atoms. The summed E-state index contributed by atoms with van der Waals surface area (Å²) in [6.45, 7) is 5.26. The van der Waals surface area contributed by atoms with Crippen LogP contribution in [0.5, 0.6) is 0 Å². The standard InChI is InChI=1S/C28H26F3N5/c1-20-7-9-23(10-8-20)25-24(22-5-3-2-4-6-22)26(34-27(33-25)28(29,30)31)36-17-15-35(16-18-36)19-21-11-13-32-14-12-21/h2-14H,15-19H2,1H3. The molecule has 2 aromatic carbocycles. The first-order valence-electron chi connectivity index (χ1n) is 11.9. The molecule has 5 rings (SSSR count). The first kappa shape index (κ1) is 23.9. The van der Waals surface area contributed by atoms with Crippen molar-refractivity contribution in [2.75, 3.05) is 31.1 Å². The molecule has 0 atom stereocenters. The lowest BCUT2D eigenvalue weighted by Crippen LogP contribution is -2.46. The molecule has 184 valence electrons. The Morgan fingerprint density at radius 2 is 1.44 bits per heavy atom. The average molecular weight is 490 g/mol. The van der Waals surface area contributed by atoms with Gasteiger partial charge in [0.05, 0.1) is 11.3 Å². The van der Waals surface area contributed by atoms with Crippen molar-refractivity contribution < 1.29 is 13.2 Å². The largest absolute Gasteiger partial charge is 0.451 e. The summed E-state index contributed by atoms with van der Waals surface area (Å²) in [7, 11) is 0. The fourth-order valence-electron chi connectivity index (χ4n) is 4.46. The minimum absolute atomic E-state index is 0.290. The van der Waals surface area contributed by atoms with E-state index in [1.54, 1.807) is 12.4 Å². The molecule has 4 aromatic rings. The molecule has 2 aromatic heterocycles. The second-order valence-corrected chi connectivity index (χ2v) is 8.94. The Morgan fingerprint density at radius 3 is 2.08 bits per heavy atom. The van der Waals surface area contributed by atoms with Crippen LogP contribution in [0, 0.1) is 6.92 Å². The molecule has 3 heterocycles. The zero-order valence-corrected chi connectivity index (χ0v) is 19.9. The fraction of sp³-hybridized carbons (Fsp3) is 0.250. The molecule has 0 saturated carbocycles. The summed E-state index contributed by atoms with van der Waals surface area (Å²) in [5, 5.41) is 0. The zero-order chi connectivity index (χ0) is 25.1. The van der Waals surface area contributed by atoms with Crippen LogP contribution in [0.3, 0.4) is 0 Å². The number of piperazine rings is 1. The smallest absolute Gasteiger partial charge is 0.353 e. The summed E-state index contributed by atoms with van der Waals surface area (Å²) in [6.07, 6.45) is -1.12. The summed E-state index contributed by atoms with van der Waals surface area (Å²) in [5.41, 5.74) is 4.51. The highest BCUT2D eigenvalue weighted by Gasteiger charge is 2.37. The lowest BCUT2D eigenvalue weighted by Gasteiger charge is -2.36. The number of pyridine rings is 1. The molecular formula is C28H26F3N5. The fourth-order valence-corrected chi connectivity index (χ4v) is 4.46. The second kappa shape index (κ2) is 10.1. The summed E-state index contributed by atoms with van der Waals surface area (Å²) in [4.78, 5) is 16.5. The lowest BCUT2D eigenvalue weighted by atomic mass is 9.98. The number of aromatic nitrogens is 3. The highest BCUT2D eigenvalue weighted by atomic mass is 19.4. The molecule has 8 heteroatoms. The number of anilines is 1. The summed E-state index contributed by atoms with van der Waals surface area (Å²) in [5.74, 6) is -0.797. The third kappa shape index (κ3) is 5.23. The van der Waals surface area contributed by atoms with E-state index in [0.717, 1.165) is 23.2 Å². The topological polar surface area (TPSA) is 45.2 Å². The number of alkyl halides is 3. The third-order valence-corrected chi connectivity index (χ3v) is 6.36. The number of aryl methyl sites for hydroxylation is 1. The van der Waals surface area contributed by atoms with Crippen LogP contribution >= 0.6 is 0 Å². The van der Waals surface area contributed by atoms with E-state index in [1.165, 1.54) is 0 Å². The maximum Gasteiger partial charge on any atom is 0.451 e. The molecule has 0 radical (unpaired) electrons. The zero-order valence-electron chi connectivity index (χ0n) is 19.9. The van der Waals surface area contributed by atoms with Gasteiger partial charge < -0.3 is 4.90 Å². The van der Waals surface area contributed by atoms with Crippen molar-refractivity contribution >= 4 is 5.82 Å². The van der Waals surface area contributed by atoms with Crippen molar-refractivity contribution in [2.45, 2.75) is 19.6 Å². The number of hydrogen-bond acceptors (Lipinski definition) is 5. The van der Waals surface area contributed by atoms with Gasteiger partial charge in [0, 0.05) is 50.7 Å². The highest BCUT2D eigenvalue weighted by Crippen LogP contribution is 2.40. The molecule has 5 nitrogen and oxygen atoms in total.